The maximum atomic E-state index is 11.6. The fourth-order valence-electron chi connectivity index (χ4n) is 1.64. The second-order valence-corrected chi connectivity index (χ2v) is 5.53. The Morgan fingerprint density at radius 1 is 0.857 bits per heavy atom. The first-order chi connectivity index (χ1) is 9.56. The minimum atomic E-state index is -1.26. The van der Waals surface area contributed by atoms with Gasteiger partial charge in [-0.25, -0.2) is 9.59 Å². The zero-order chi connectivity index (χ0) is 16.7. The van der Waals surface area contributed by atoms with Crippen LogP contribution in [0.1, 0.15) is 34.1 Å². The van der Waals surface area contributed by atoms with Crippen LogP contribution >= 0.6 is 0 Å². The molecule has 120 valence electrons. The molecule has 4 N–H and O–H groups in total. The smallest absolute Gasteiger partial charge is 0.326 e. The molecule has 0 aliphatic heterocycles. The predicted molar refractivity (Wildman–Crippen MR) is 73.4 cm³/mol. The Hall–Kier alpha value is -2.12. The Kier molecular flexibility index (Phi) is 7.40. The summed E-state index contributed by atoms with van der Waals surface area (Å²) in [5, 5.41) is 22.1. The van der Waals surface area contributed by atoms with Crippen LogP contribution in [0, 0.1) is 11.8 Å². The van der Waals surface area contributed by atoms with Crippen molar-refractivity contribution < 1.29 is 29.4 Å². The summed E-state index contributed by atoms with van der Waals surface area (Å²) in [6.45, 7) is 6.72. The Morgan fingerprint density at radius 3 is 1.67 bits per heavy atom. The number of carbonyl (C=O) groups is 4. The van der Waals surface area contributed by atoms with E-state index in [0.717, 1.165) is 0 Å². The fraction of sp³-hybridized carbons (Fsp3) is 0.692. The number of carboxylic acids is 2. The van der Waals surface area contributed by atoms with Gasteiger partial charge in [0, 0.05) is 0 Å². The maximum Gasteiger partial charge on any atom is 0.326 e. The van der Waals surface area contributed by atoms with E-state index in [-0.39, 0.29) is 12.3 Å². The third-order valence-electron chi connectivity index (χ3n) is 2.74. The van der Waals surface area contributed by atoms with Crippen molar-refractivity contribution in [1.82, 2.24) is 10.6 Å². The van der Waals surface area contributed by atoms with Gasteiger partial charge in [0.25, 0.3) is 0 Å². The monoisotopic (exact) mass is 302 g/mol. The van der Waals surface area contributed by atoms with E-state index in [9.17, 15) is 19.2 Å². The van der Waals surface area contributed by atoms with Crippen molar-refractivity contribution in [2.75, 3.05) is 0 Å². The van der Waals surface area contributed by atoms with Crippen LogP contribution in [0.5, 0.6) is 0 Å². The summed E-state index contributed by atoms with van der Waals surface area (Å²) in [5.41, 5.74) is 0. The van der Waals surface area contributed by atoms with E-state index in [2.05, 4.69) is 10.6 Å². The second kappa shape index (κ2) is 8.23. The summed E-state index contributed by atoms with van der Waals surface area (Å²) >= 11 is 0. The van der Waals surface area contributed by atoms with Gasteiger partial charge in [-0.1, -0.05) is 27.7 Å². The summed E-state index contributed by atoms with van der Waals surface area (Å²) in [5.74, 6) is -5.23. The van der Waals surface area contributed by atoms with Crippen LogP contribution in [0.15, 0.2) is 0 Å². The van der Waals surface area contributed by atoms with Gasteiger partial charge in [0.2, 0.25) is 0 Å². The van der Waals surface area contributed by atoms with Gasteiger partial charge in [-0.3, -0.25) is 9.59 Å². The fourth-order valence-corrected chi connectivity index (χ4v) is 1.64. The average Bonchev–Trinajstić information content (AvgIpc) is 2.32. The number of aliphatic carboxylic acids is 2. The van der Waals surface area contributed by atoms with Crippen molar-refractivity contribution in [2.24, 2.45) is 11.8 Å². The highest BCUT2D eigenvalue weighted by molar-refractivity contribution is 6.35. The molecule has 0 aromatic carbocycles. The molecule has 0 rings (SSSR count). The van der Waals surface area contributed by atoms with Gasteiger partial charge in [0.05, 0.1) is 0 Å². The minimum Gasteiger partial charge on any atom is -0.480 e. The third kappa shape index (κ3) is 6.73. The van der Waals surface area contributed by atoms with E-state index in [1.807, 2.05) is 0 Å². The third-order valence-corrected chi connectivity index (χ3v) is 2.74. The van der Waals surface area contributed by atoms with Crippen LogP contribution in [0.25, 0.3) is 0 Å². The lowest BCUT2D eigenvalue weighted by atomic mass is 10.0. The molecular formula is C13H22N2O6. The number of carbonyl (C=O) groups excluding carboxylic acids is 2. The number of amides is 2. The predicted octanol–water partition coefficient (Wildman–Crippen LogP) is -0.173. The maximum absolute atomic E-state index is 11.6. The molecule has 0 spiro atoms. The zero-order valence-corrected chi connectivity index (χ0v) is 12.5. The summed E-state index contributed by atoms with van der Waals surface area (Å²) in [6, 6.07) is -2.40. The average molecular weight is 302 g/mol. The quantitative estimate of drug-likeness (QED) is 0.482. The highest BCUT2D eigenvalue weighted by Crippen LogP contribution is 2.05. The lowest BCUT2D eigenvalue weighted by Gasteiger charge is -2.19. The lowest BCUT2D eigenvalue weighted by Crippen LogP contribution is -2.53. The summed E-state index contributed by atoms with van der Waals surface area (Å²) in [4.78, 5) is 45.2. The van der Waals surface area contributed by atoms with Crippen molar-refractivity contribution in [2.45, 2.75) is 46.2 Å². The second-order valence-electron chi connectivity index (χ2n) is 5.53. The highest BCUT2D eigenvalue weighted by Gasteiger charge is 2.29. The van der Waals surface area contributed by atoms with Crippen LogP contribution in [0.2, 0.25) is 0 Å². The van der Waals surface area contributed by atoms with Crippen molar-refractivity contribution in [3.8, 4) is 0 Å². The van der Waals surface area contributed by atoms with Gasteiger partial charge in [-0.2, -0.15) is 0 Å². The molecule has 0 fully saturated rings. The van der Waals surface area contributed by atoms with E-state index >= 15 is 0 Å². The van der Waals surface area contributed by atoms with Crippen LogP contribution in [-0.4, -0.2) is 46.0 Å². The first-order valence-electron chi connectivity index (χ1n) is 6.63. The number of rotatable bonds is 7. The van der Waals surface area contributed by atoms with Crippen LogP contribution in [-0.2, 0) is 19.2 Å². The lowest BCUT2D eigenvalue weighted by molar-refractivity contribution is -0.148. The minimum absolute atomic E-state index is 0.0110. The van der Waals surface area contributed by atoms with Gasteiger partial charge in [0.15, 0.2) is 0 Å². The normalized spacial score (nSPS) is 13.6. The number of hydrogen-bond donors (Lipinski definition) is 4. The van der Waals surface area contributed by atoms with Gasteiger partial charge >= 0.3 is 23.8 Å². The molecule has 8 heteroatoms. The number of carboxylic acid groups (broad SMARTS) is 2. The molecule has 21 heavy (non-hydrogen) atoms. The molecule has 0 heterocycles. The Morgan fingerprint density at radius 2 is 1.33 bits per heavy atom. The molecular weight excluding hydrogens is 280 g/mol. The Bertz CT molecular complexity index is 419. The molecule has 2 atom stereocenters. The summed E-state index contributed by atoms with van der Waals surface area (Å²) in [6.07, 6.45) is 0.168. The zero-order valence-electron chi connectivity index (χ0n) is 12.5. The van der Waals surface area contributed by atoms with Crippen LogP contribution < -0.4 is 10.6 Å². The molecule has 0 bridgehead atoms. The van der Waals surface area contributed by atoms with Gasteiger partial charge in [-0.15, -0.1) is 0 Å². The molecule has 0 aliphatic rings. The Labute approximate surface area is 122 Å². The molecule has 0 radical (unpaired) electrons. The molecule has 0 aromatic heterocycles. The largest absolute Gasteiger partial charge is 0.480 e. The summed E-state index contributed by atoms with van der Waals surface area (Å²) in [7, 11) is 0. The first-order valence-corrected chi connectivity index (χ1v) is 6.63. The van der Waals surface area contributed by atoms with E-state index < -0.39 is 41.8 Å². The SMILES string of the molecule is CC(C)C[C@@H](NC(=O)C(=O)N[C@H](C(=O)O)C(C)C)C(=O)O. The first kappa shape index (κ1) is 18.9. The van der Waals surface area contributed by atoms with Crippen molar-refractivity contribution in [3.05, 3.63) is 0 Å². The highest BCUT2D eigenvalue weighted by atomic mass is 16.4. The van der Waals surface area contributed by atoms with Crippen molar-refractivity contribution in [1.29, 1.82) is 0 Å². The Balaban J connectivity index is 4.73. The van der Waals surface area contributed by atoms with E-state index in [0.29, 0.717) is 0 Å². The van der Waals surface area contributed by atoms with Gasteiger partial charge in [0.1, 0.15) is 12.1 Å². The van der Waals surface area contributed by atoms with Crippen molar-refractivity contribution in [3.63, 3.8) is 0 Å². The number of nitrogens with one attached hydrogen (secondary N) is 2. The molecule has 8 nitrogen and oxygen atoms in total. The van der Waals surface area contributed by atoms with Crippen molar-refractivity contribution >= 4 is 23.8 Å². The molecule has 0 saturated heterocycles. The molecule has 0 unspecified atom stereocenters. The van der Waals surface area contributed by atoms with E-state index in [1.165, 1.54) is 0 Å². The van der Waals surface area contributed by atoms with E-state index in [4.69, 9.17) is 10.2 Å². The van der Waals surface area contributed by atoms with Crippen LogP contribution in [0.4, 0.5) is 0 Å². The van der Waals surface area contributed by atoms with Crippen LogP contribution in [0.3, 0.4) is 0 Å². The summed E-state index contributed by atoms with van der Waals surface area (Å²) < 4.78 is 0. The van der Waals surface area contributed by atoms with Gasteiger partial charge < -0.3 is 20.8 Å². The molecule has 2 amide bonds. The molecule has 0 aliphatic carbocycles. The number of hydrogen-bond acceptors (Lipinski definition) is 4. The molecule has 0 saturated carbocycles. The standard InChI is InChI=1S/C13H22N2O6/c1-6(2)5-8(12(18)19)14-10(16)11(17)15-9(7(3)4)13(20)21/h6-9H,5H2,1-4H3,(H,14,16)(H,15,17)(H,18,19)(H,20,21)/t8-,9+/m1/s1. The molecule has 0 aromatic rings. The topological polar surface area (TPSA) is 133 Å². The van der Waals surface area contributed by atoms with Gasteiger partial charge in [-0.05, 0) is 18.3 Å². The van der Waals surface area contributed by atoms with E-state index in [1.54, 1.807) is 27.7 Å².